The maximum atomic E-state index is 10.8. The van der Waals surface area contributed by atoms with Crippen LogP contribution < -0.4 is 0 Å². The van der Waals surface area contributed by atoms with Gasteiger partial charge >= 0.3 is 5.97 Å². The van der Waals surface area contributed by atoms with Crippen LogP contribution >= 0.6 is 0 Å². The Kier molecular flexibility index (Phi) is 3.03. The van der Waals surface area contributed by atoms with Gasteiger partial charge in [-0.3, -0.25) is 9.69 Å². The number of hydrogen-bond acceptors (Lipinski definition) is 5. The summed E-state index contributed by atoms with van der Waals surface area (Å²) in [5.74, 6) is 1.62. The molecule has 98 valence electrons. The predicted molar refractivity (Wildman–Crippen MR) is 61.9 cm³/mol. The molecule has 0 spiro atoms. The molecule has 1 aromatic rings. The van der Waals surface area contributed by atoms with E-state index in [9.17, 15) is 4.79 Å². The minimum absolute atomic E-state index is 0.0454. The van der Waals surface area contributed by atoms with Gasteiger partial charge in [0.05, 0.1) is 13.1 Å². The summed E-state index contributed by atoms with van der Waals surface area (Å²) >= 11 is 0. The van der Waals surface area contributed by atoms with E-state index in [0.717, 1.165) is 19.4 Å². The van der Waals surface area contributed by atoms with Crippen LogP contribution in [0.2, 0.25) is 0 Å². The second kappa shape index (κ2) is 4.68. The lowest BCUT2D eigenvalue weighted by Crippen LogP contribution is -2.31. The highest BCUT2D eigenvalue weighted by Crippen LogP contribution is 2.38. The molecule has 0 atom stereocenters. The van der Waals surface area contributed by atoms with Gasteiger partial charge in [-0.15, -0.1) is 0 Å². The summed E-state index contributed by atoms with van der Waals surface area (Å²) in [6.07, 6.45) is 4.66. The van der Waals surface area contributed by atoms with Crippen LogP contribution in [0, 0.1) is 5.92 Å². The molecule has 18 heavy (non-hydrogen) atoms. The van der Waals surface area contributed by atoms with Gasteiger partial charge in [0.25, 0.3) is 0 Å². The van der Waals surface area contributed by atoms with E-state index in [-0.39, 0.29) is 6.54 Å². The van der Waals surface area contributed by atoms with Gasteiger partial charge in [0.2, 0.25) is 5.89 Å². The van der Waals surface area contributed by atoms with Gasteiger partial charge in [0.15, 0.2) is 5.82 Å². The van der Waals surface area contributed by atoms with Gasteiger partial charge in [0.1, 0.15) is 0 Å². The van der Waals surface area contributed by atoms with Crippen LogP contribution in [0.4, 0.5) is 0 Å². The van der Waals surface area contributed by atoms with Crippen molar-refractivity contribution in [2.24, 2.45) is 5.92 Å². The minimum atomic E-state index is -0.804. The van der Waals surface area contributed by atoms with Gasteiger partial charge in [-0.05, 0) is 31.6 Å². The van der Waals surface area contributed by atoms with E-state index < -0.39 is 5.97 Å². The average Bonchev–Trinajstić information content (AvgIpc) is 3.20. The van der Waals surface area contributed by atoms with E-state index in [2.05, 4.69) is 10.1 Å². The Morgan fingerprint density at radius 2 is 2.17 bits per heavy atom. The predicted octanol–water partition coefficient (Wildman–Crippen LogP) is 1.24. The zero-order valence-corrected chi connectivity index (χ0v) is 10.2. The minimum Gasteiger partial charge on any atom is -0.480 e. The first kappa shape index (κ1) is 11.6. The molecule has 2 fully saturated rings. The highest BCUT2D eigenvalue weighted by atomic mass is 16.5. The van der Waals surface area contributed by atoms with Crippen molar-refractivity contribution >= 4 is 5.97 Å². The summed E-state index contributed by atoms with van der Waals surface area (Å²) in [5.41, 5.74) is 0. The van der Waals surface area contributed by atoms with Crippen LogP contribution in [-0.4, -0.2) is 39.2 Å². The average molecular weight is 251 g/mol. The van der Waals surface area contributed by atoms with Gasteiger partial charge in [-0.1, -0.05) is 5.16 Å². The zero-order valence-electron chi connectivity index (χ0n) is 10.2. The molecule has 2 saturated carbocycles. The molecule has 2 aliphatic rings. The Balaban J connectivity index is 1.59. The zero-order chi connectivity index (χ0) is 12.5. The van der Waals surface area contributed by atoms with E-state index in [0.29, 0.717) is 30.1 Å². The van der Waals surface area contributed by atoms with E-state index in [1.807, 2.05) is 4.90 Å². The molecule has 1 heterocycles. The number of carboxylic acid groups (broad SMARTS) is 1. The van der Waals surface area contributed by atoms with Crippen molar-refractivity contribution in [3.05, 3.63) is 11.7 Å². The van der Waals surface area contributed by atoms with Gasteiger partial charge < -0.3 is 9.63 Å². The summed E-state index contributed by atoms with van der Waals surface area (Å²) in [5, 5.41) is 12.8. The number of aliphatic carboxylic acids is 1. The lowest BCUT2D eigenvalue weighted by Gasteiger charge is -2.17. The van der Waals surface area contributed by atoms with Gasteiger partial charge in [-0.2, -0.15) is 4.98 Å². The molecule has 0 bridgehead atoms. The van der Waals surface area contributed by atoms with Crippen LogP contribution in [0.15, 0.2) is 4.52 Å². The van der Waals surface area contributed by atoms with Crippen LogP contribution in [0.25, 0.3) is 0 Å². The van der Waals surface area contributed by atoms with Crippen molar-refractivity contribution in [2.75, 3.05) is 13.1 Å². The Morgan fingerprint density at radius 1 is 1.39 bits per heavy atom. The van der Waals surface area contributed by atoms with E-state index in [1.54, 1.807) is 0 Å². The SMILES string of the molecule is O=C(O)CN(Cc1noc(C2CC2)n1)CC1CC1. The largest absolute Gasteiger partial charge is 0.480 e. The first-order valence-corrected chi connectivity index (χ1v) is 6.47. The van der Waals surface area contributed by atoms with E-state index >= 15 is 0 Å². The van der Waals surface area contributed by atoms with Crippen molar-refractivity contribution in [3.8, 4) is 0 Å². The fourth-order valence-corrected chi connectivity index (χ4v) is 2.07. The van der Waals surface area contributed by atoms with Crippen LogP contribution in [0.1, 0.15) is 43.3 Å². The Labute approximate surface area is 105 Å². The monoisotopic (exact) mass is 251 g/mol. The normalized spacial score (nSPS) is 19.4. The third-order valence-electron chi connectivity index (χ3n) is 3.35. The molecular formula is C12H17N3O3. The Bertz CT molecular complexity index is 438. The quantitative estimate of drug-likeness (QED) is 0.785. The summed E-state index contributed by atoms with van der Waals surface area (Å²) in [7, 11) is 0. The van der Waals surface area contributed by atoms with Crippen molar-refractivity contribution in [1.29, 1.82) is 0 Å². The summed E-state index contributed by atoms with van der Waals surface area (Å²) in [6, 6.07) is 0. The topological polar surface area (TPSA) is 79.5 Å². The Hall–Kier alpha value is -1.43. The fraction of sp³-hybridized carbons (Fsp3) is 0.750. The third kappa shape index (κ3) is 3.07. The number of hydrogen-bond donors (Lipinski definition) is 1. The maximum Gasteiger partial charge on any atom is 0.317 e. The number of nitrogens with zero attached hydrogens (tertiary/aromatic N) is 3. The van der Waals surface area contributed by atoms with Crippen molar-refractivity contribution in [2.45, 2.75) is 38.1 Å². The molecule has 2 aliphatic carbocycles. The fourth-order valence-electron chi connectivity index (χ4n) is 2.07. The molecule has 0 saturated heterocycles. The standard InChI is InChI=1S/C12H17N3O3/c16-11(17)7-15(5-8-1-2-8)6-10-13-12(18-14-10)9-3-4-9/h8-9H,1-7H2,(H,16,17). The molecule has 1 N–H and O–H groups in total. The Morgan fingerprint density at radius 3 is 2.78 bits per heavy atom. The lowest BCUT2D eigenvalue weighted by molar-refractivity contribution is -0.138. The molecule has 0 unspecified atom stereocenters. The summed E-state index contributed by atoms with van der Waals surface area (Å²) < 4.78 is 5.18. The lowest BCUT2D eigenvalue weighted by atomic mass is 10.3. The second-order valence-electron chi connectivity index (χ2n) is 5.33. The molecule has 0 amide bonds. The van der Waals surface area contributed by atoms with E-state index in [4.69, 9.17) is 9.63 Å². The van der Waals surface area contributed by atoms with Crippen LogP contribution in [-0.2, 0) is 11.3 Å². The number of rotatable bonds is 7. The van der Waals surface area contributed by atoms with Crippen molar-refractivity contribution in [1.82, 2.24) is 15.0 Å². The third-order valence-corrected chi connectivity index (χ3v) is 3.35. The van der Waals surface area contributed by atoms with Crippen LogP contribution in [0.5, 0.6) is 0 Å². The van der Waals surface area contributed by atoms with Gasteiger partial charge in [0, 0.05) is 12.5 Å². The smallest absolute Gasteiger partial charge is 0.317 e. The first-order chi connectivity index (χ1) is 8.70. The van der Waals surface area contributed by atoms with Crippen LogP contribution in [0.3, 0.4) is 0 Å². The molecule has 6 heteroatoms. The van der Waals surface area contributed by atoms with Crippen molar-refractivity contribution in [3.63, 3.8) is 0 Å². The summed E-state index contributed by atoms with van der Waals surface area (Å²) in [6.45, 7) is 1.34. The maximum absolute atomic E-state index is 10.8. The van der Waals surface area contributed by atoms with E-state index in [1.165, 1.54) is 12.8 Å². The first-order valence-electron chi connectivity index (χ1n) is 6.47. The molecule has 0 radical (unpaired) electrons. The van der Waals surface area contributed by atoms with Gasteiger partial charge in [-0.25, -0.2) is 0 Å². The molecular weight excluding hydrogens is 234 g/mol. The molecule has 0 aromatic carbocycles. The molecule has 0 aliphatic heterocycles. The number of carbonyl (C=O) groups is 1. The second-order valence-corrected chi connectivity index (χ2v) is 5.33. The molecule has 6 nitrogen and oxygen atoms in total. The van der Waals surface area contributed by atoms with Crippen molar-refractivity contribution < 1.29 is 14.4 Å². The molecule has 1 aromatic heterocycles. The number of aromatic nitrogens is 2. The molecule has 3 rings (SSSR count). The number of carboxylic acids is 1. The summed E-state index contributed by atoms with van der Waals surface area (Å²) in [4.78, 5) is 17.0. The highest BCUT2D eigenvalue weighted by molar-refractivity contribution is 5.69. The highest BCUT2D eigenvalue weighted by Gasteiger charge is 2.30.